The van der Waals surface area contributed by atoms with E-state index in [2.05, 4.69) is 4.18 Å². The van der Waals surface area contributed by atoms with Crippen molar-refractivity contribution < 1.29 is 52.1 Å². The number of carbonyl (C=O) groups is 1. The molecule has 13 heavy (non-hydrogen) atoms. The maximum Gasteiger partial charge on any atom is 1.00 e. The predicted octanol–water partition coefficient (Wildman–Crippen LogP) is -4.54. The maximum absolute atomic E-state index is 10.6. The molecule has 0 spiro atoms. The van der Waals surface area contributed by atoms with Gasteiger partial charge in [-0.15, -0.1) is 0 Å². The van der Waals surface area contributed by atoms with Crippen LogP contribution < -0.4 is 34.7 Å². The van der Waals surface area contributed by atoms with E-state index in [0.717, 1.165) is 0 Å². The molecule has 7 heteroatoms. The molecule has 0 atom stereocenters. The summed E-state index contributed by atoms with van der Waals surface area (Å²) >= 11 is 0. The SMILES string of the molecule is CCCOS(=O)(=O)C#CC(=O)[O-].[Na+]. The van der Waals surface area contributed by atoms with E-state index >= 15 is 0 Å². The number of carbonyl (C=O) groups excluding carboxylic acids is 1. The number of rotatable bonds is 3. The van der Waals surface area contributed by atoms with E-state index in [4.69, 9.17) is 0 Å². The van der Waals surface area contributed by atoms with Crippen LogP contribution in [0.1, 0.15) is 13.3 Å². The number of aliphatic carboxylic acids is 1. The molecule has 0 aliphatic rings. The van der Waals surface area contributed by atoms with Crippen LogP contribution in [0.5, 0.6) is 0 Å². The summed E-state index contributed by atoms with van der Waals surface area (Å²) in [6, 6.07) is 0. The standard InChI is InChI=1S/C6H8O5S.Na/c1-2-4-11-12(9,10)5-3-6(7)8;/h2,4H2,1H3,(H,7,8);/q;+1/p-1. The number of carboxylic acids is 1. The van der Waals surface area contributed by atoms with Gasteiger partial charge in [0.15, 0.2) is 0 Å². The van der Waals surface area contributed by atoms with Gasteiger partial charge in [0.05, 0.1) is 11.9 Å². The van der Waals surface area contributed by atoms with Crippen LogP contribution in [0.15, 0.2) is 0 Å². The Kier molecular flexibility index (Phi) is 8.72. The summed E-state index contributed by atoms with van der Waals surface area (Å²) in [4.78, 5) is 9.72. The minimum atomic E-state index is -4.02. The summed E-state index contributed by atoms with van der Waals surface area (Å²) in [6.07, 6.45) is 0.506. The molecule has 0 amide bonds. The molecule has 0 heterocycles. The van der Waals surface area contributed by atoms with E-state index in [1.54, 1.807) is 6.92 Å². The Bertz CT molecular complexity index is 310. The fraction of sp³-hybridized carbons (Fsp3) is 0.500. The molecule has 0 saturated heterocycles. The zero-order valence-electron chi connectivity index (χ0n) is 7.36. The van der Waals surface area contributed by atoms with Crippen LogP contribution in [0, 0.1) is 11.2 Å². The van der Waals surface area contributed by atoms with Crippen molar-refractivity contribution in [2.24, 2.45) is 0 Å². The maximum atomic E-state index is 10.6. The van der Waals surface area contributed by atoms with E-state index in [1.165, 1.54) is 11.2 Å². The van der Waals surface area contributed by atoms with E-state index in [0.29, 0.717) is 6.42 Å². The van der Waals surface area contributed by atoms with Gasteiger partial charge in [-0.3, -0.25) is 4.18 Å². The largest absolute Gasteiger partial charge is 1.00 e. The summed E-state index contributed by atoms with van der Waals surface area (Å²) in [5.74, 6) is -0.414. The van der Waals surface area contributed by atoms with Crippen LogP contribution in [0.3, 0.4) is 0 Å². The van der Waals surface area contributed by atoms with Crippen molar-refractivity contribution in [3.63, 3.8) is 0 Å². The van der Waals surface area contributed by atoms with Crippen LogP contribution in [0.25, 0.3) is 0 Å². The van der Waals surface area contributed by atoms with Crippen molar-refractivity contribution in [1.82, 2.24) is 0 Å². The van der Waals surface area contributed by atoms with Gasteiger partial charge >= 0.3 is 39.7 Å². The van der Waals surface area contributed by atoms with Gasteiger partial charge in [0.2, 0.25) is 0 Å². The third-order valence-electron chi connectivity index (χ3n) is 0.721. The quantitative estimate of drug-likeness (QED) is 0.268. The molecule has 0 aromatic heterocycles. The first-order valence-corrected chi connectivity index (χ1v) is 4.52. The molecule has 0 unspecified atom stereocenters. The molecule has 0 aromatic carbocycles. The fourth-order valence-corrected chi connectivity index (χ4v) is 0.980. The Morgan fingerprint density at radius 3 is 2.46 bits per heavy atom. The fourth-order valence-electron chi connectivity index (χ4n) is 0.327. The molecule has 5 nitrogen and oxygen atoms in total. The Labute approximate surface area is 98.9 Å². The van der Waals surface area contributed by atoms with E-state index in [1.807, 2.05) is 0 Å². The molecule has 0 aromatic rings. The summed E-state index contributed by atoms with van der Waals surface area (Å²) in [5.41, 5.74) is 0. The Balaban J connectivity index is 0. The summed E-state index contributed by atoms with van der Waals surface area (Å²) in [7, 11) is -4.02. The van der Waals surface area contributed by atoms with Crippen LogP contribution in [0.4, 0.5) is 0 Å². The summed E-state index contributed by atoms with van der Waals surface area (Å²) in [6.45, 7) is 1.70. The minimum absolute atomic E-state index is 0. The number of hydrogen-bond acceptors (Lipinski definition) is 5. The van der Waals surface area contributed by atoms with Crippen molar-refractivity contribution in [3.05, 3.63) is 0 Å². The van der Waals surface area contributed by atoms with Gasteiger partial charge in [-0.05, 0) is 12.3 Å². The normalized spacial score (nSPS) is 9.31. The van der Waals surface area contributed by atoms with Crippen LogP contribution in [-0.4, -0.2) is 21.0 Å². The van der Waals surface area contributed by atoms with Gasteiger partial charge in [0, 0.05) is 0 Å². The smallest absolute Gasteiger partial charge is 0.537 e. The average molecular weight is 214 g/mol. The molecule has 0 bridgehead atoms. The Hall–Kier alpha value is -0.0600. The zero-order chi connectivity index (χ0) is 9.61. The van der Waals surface area contributed by atoms with Crippen molar-refractivity contribution >= 4 is 16.1 Å². The third kappa shape index (κ3) is 9.86. The predicted molar refractivity (Wildman–Crippen MR) is 37.9 cm³/mol. The molecule has 0 N–H and O–H groups in total. The van der Waals surface area contributed by atoms with Gasteiger partial charge in [-0.2, -0.15) is 8.42 Å². The Morgan fingerprint density at radius 1 is 1.54 bits per heavy atom. The minimum Gasteiger partial charge on any atom is -0.537 e. The zero-order valence-corrected chi connectivity index (χ0v) is 10.2. The summed E-state index contributed by atoms with van der Waals surface area (Å²) < 4.78 is 25.5. The average Bonchev–Trinajstić information content (AvgIpc) is 1.98. The molecule has 68 valence electrons. The van der Waals surface area contributed by atoms with Gasteiger partial charge in [0.25, 0.3) is 0 Å². The molecule has 0 rings (SSSR count). The van der Waals surface area contributed by atoms with E-state index in [-0.39, 0.29) is 36.2 Å². The third-order valence-corrected chi connectivity index (χ3v) is 1.55. The number of hydrogen-bond donors (Lipinski definition) is 0. The van der Waals surface area contributed by atoms with Gasteiger partial charge in [0.1, 0.15) is 5.97 Å². The van der Waals surface area contributed by atoms with Gasteiger partial charge < -0.3 is 9.90 Å². The van der Waals surface area contributed by atoms with E-state index < -0.39 is 16.1 Å². The molecule has 0 fully saturated rings. The first-order chi connectivity index (χ1) is 5.48. The summed E-state index contributed by atoms with van der Waals surface area (Å²) in [5, 5.41) is 11.1. The second kappa shape index (κ2) is 7.35. The monoisotopic (exact) mass is 214 g/mol. The van der Waals surface area contributed by atoms with Gasteiger partial charge in [-0.25, -0.2) is 0 Å². The Morgan fingerprint density at radius 2 is 2.08 bits per heavy atom. The molecule has 0 aliphatic heterocycles. The molecular weight excluding hydrogens is 207 g/mol. The van der Waals surface area contributed by atoms with Crippen molar-refractivity contribution in [2.75, 3.05) is 6.61 Å². The number of carboxylic acid groups (broad SMARTS) is 1. The van der Waals surface area contributed by atoms with Crippen molar-refractivity contribution in [3.8, 4) is 11.2 Å². The van der Waals surface area contributed by atoms with E-state index in [9.17, 15) is 18.3 Å². The molecule has 0 aliphatic carbocycles. The second-order valence-electron chi connectivity index (χ2n) is 1.79. The molecule has 0 saturated carbocycles. The second-order valence-corrected chi connectivity index (χ2v) is 3.14. The first kappa shape index (κ1) is 15.4. The topological polar surface area (TPSA) is 83.5 Å². The van der Waals surface area contributed by atoms with Crippen LogP contribution in [0.2, 0.25) is 0 Å². The first-order valence-electron chi connectivity index (χ1n) is 3.11. The van der Waals surface area contributed by atoms with Crippen molar-refractivity contribution in [2.45, 2.75) is 13.3 Å². The van der Waals surface area contributed by atoms with Crippen molar-refractivity contribution in [1.29, 1.82) is 0 Å². The molecule has 0 radical (unpaired) electrons. The van der Waals surface area contributed by atoms with Crippen LogP contribution in [-0.2, 0) is 19.1 Å². The van der Waals surface area contributed by atoms with Gasteiger partial charge in [-0.1, -0.05) is 6.92 Å². The molecular formula is C6H7NaO5S. The van der Waals surface area contributed by atoms with Crippen LogP contribution >= 0.6 is 0 Å².